The van der Waals surface area contributed by atoms with Gasteiger partial charge in [-0.2, -0.15) is 0 Å². The Morgan fingerprint density at radius 1 is 0.909 bits per heavy atom. The quantitative estimate of drug-likeness (QED) is 0.538. The van der Waals surface area contributed by atoms with Crippen molar-refractivity contribution in [3.05, 3.63) is 0 Å². The van der Waals surface area contributed by atoms with Gasteiger partial charge in [-0.05, 0) is 30.6 Å². The first kappa shape index (κ1) is 7.64. The zero-order valence-electron chi connectivity index (χ0n) is 7.68. The highest BCUT2D eigenvalue weighted by Gasteiger charge is 2.46. The Kier molecular flexibility index (Phi) is 2.20. The summed E-state index contributed by atoms with van der Waals surface area (Å²) in [5.41, 5.74) is 0. The number of hydrogen-bond acceptors (Lipinski definition) is 0. The highest BCUT2D eigenvalue weighted by Crippen LogP contribution is 2.54. The average molecular weight is 152 g/mol. The third-order valence-electron chi connectivity index (χ3n) is 3.81. The van der Waals surface area contributed by atoms with Crippen molar-refractivity contribution in [3.8, 4) is 0 Å². The van der Waals surface area contributed by atoms with E-state index in [1.807, 2.05) is 0 Å². The van der Waals surface area contributed by atoms with Crippen molar-refractivity contribution in [2.24, 2.45) is 17.8 Å². The normalized spacial score (nSPS) is 43.9. The molecular weight excluding hydrogens is 132 g/mol. The Balaban J connectivity index is 1.85. The van der Waals surface area contributed by atoms with Crippen LogP contribution in [0.3, 0.4) is 0 Å². The Bertz CT molecular complexity index is 114. The molecule has 2 aliphatic carbocycles. The second-order valence-corrected chi connectivity index (χ2v) is 4.39. The van der Waals surface area contributed by atoms with Crippen LogP contribution in [0, 0.1) is 17.8 Å². The molecule has 2 aliphatic rings. The molecule has 0 aromatic carbocycles. The van der Waals surface area contributed by atoms with E-state index in [0.29, 0.717) is 0 Å². The fourth-order valence-electron chi connectivity index (χ4n) is 3.10. The first-order valence-electron chi connectivity index (χ1n) is 5.43. The molecule has 2 fully saturated rings. The van der Waals surface area contributed by atoms with Gasteiger partial charge in [-0.1, -0.05) is 39.0 Å². The summed E-state index contributed by atoms with van der Waals surface area (Å²) in [4.78, 5) is 0. The largest absolute Gasteiger partial charge is 0.0651 e. The molecule has 0 amide bonds. The molecule has 0 aliphatic heterocycles. The minimum atomic E-state index is 1.15. The molecule has 64 valence electrons. The van der Waals surface area contributed by atoms with Crippen molar-refractivity contribution in [1.29, 1.82) is 0 Å². The monoisotopic (exact) mass is 152 g/mol. The van der Waals surface area contributed by atoms with Crippen LogP contribution in [0.15, 0.2) is 0 Å². The molecule has 0 bridgehead atoms. The van der Waals surface area contributed by atoms with Crippen molar-refractivity contribution in [2.45, 2.75) is 51.9 Å². The van der Waals surface area contributed by atoms with Gasteiger partial charge in [0.05, 0.1) is 0 Å². The van der Waals surface area contributed by atoms with Crippen LogP contribution in [0.1, 0.15) is 51.9 Å². The van der Waals surface area contributed by atoms with Crippen LogP contribution in [0.4, 0.5) is 0 Å². The van der Waals surface area contributed by atoms with Crippen molar-refractivity contribution in [3.63, 3.8) is 0 Å². The van der Waals surface area contributed by atoms with Gasteiger partial charge in [0.25, 0.3) is 0 Å². The SMILES string of the molecule is CCC1C2CCCCCCC12. The third kappa shape index (κ3) is 1.45. The maximum atomic E-state index is 2.37. The lowest BCUT2D eigenvalue weighted by atomic mass is 10.0. The number of rotatable bonds is 1. The fraction of sp³-hybridized carbons (Fsp3) is 1.00. The van der Waals surface area contributed by atoms with E-state index in [-0.39, 0.29) is 0 Å². The summed E-state index contributed by atoms with van der Waals surface area (Å²) in [6.07, 6.45) is 10.6. The number of fused-ring (bicyclic) bond motifs is 1. The molecule has 0 nitrogen and oxygen atoms in total. The van der Waals surface area contributed by atoms with E-state index in [1.165, 1.54) is 43.9 Å². The molecule has 2 rings (SSSR count). The van der Waals surface area contributed by atoms with E-state index in [2.05, 4.69) is 6.92 Å². The van der Waals surface area contributed by atoms with E-state index in [4.69, 9.17) is 0 Å². The van der Waals surface area contributed by atoms with Gasteiger partial charge < -0.3 is 0 Å². The minimum absolute atomic E-state index is 1.15. The summed E-state index contributed by atoms with van der Waals surface area (Å²) in [5, 5.41) is 0. The van der Waals surface area contributed by atoms with Gasteiger partial charge in [0, 0.05) is 0 Å². The first-order valence-corrected chi connectivity index (χ1v) is 5.43. The predicted molar refractivity (Wildman–Crippen MR) is 48.5 cm³/mol. The van der Waals surface area contributed by atoms with E-state index in [0.717, 1.165) is 5.92 Å². The van der Waals surface area contributed by atoms with Crippen molar-refractivity contribution >= 4 is 0 Å². The second kappa shape index (κ2) is 3.16. The van der Waals surface area contributed by atoms with Crippen molar-refractivity contribution in [2.75, 3.05) is 0 Å². The maximum absolute atomic E-state index is 2.37. The zero-order valence-corrected chi connectivity index (χ0v) is 7.68. The van der Waals surface area contributed by atoms with Crippen molar-refractivity contribution in [1.82, 2.24) is 0 Å². The summed E-state index contributed by atoms with van der Waals surface area (Å²) < 4.78 is 0. The Morgan fingerprint density at radius 2 is 1.45 bits per heavy atom. The summed E-state index contributed by atoms with van der Waals surface area (Å²) in [5.74, 6) is 3.48. The molecule has 0 aromatic heterocycles. The average Bonchev–Trinajstić information content (AvgIpc) is 2.60. The predicted octanol–water partition coefficient (Wildman–Crippen LogP) is 3.61. The van der Waals surface area contributed by atoms with Gasteiger partial charge >= 0.3 is 0 Å². The molecule has 2 saturated carbocycles. The summed E-state index contributed by atoms with van der Waals surface area (Å²) in [6, 6.07) is 0. The van der Waals surface area contributed by atoms with E-state index < -0.39 is 0 Å². The molecule has 11 heavy (non-hydrogen) atoms. The molecule has 0 radical (unpaired) electrons. The Labute approximate surface area is 70.4 Å². The Hall–Kier alpha value is 0. The molecule has 0 spiro atoms. The van der Waals surface area contributed by atoms with Crippen LogP contribution in [0.5, 0.6) is 0 Å². The first-order chi connectivity index (χ1) is 5.43. The van der Waals surface area contributed by atoms with Crippen LogP contribution in [0.25, 0.3) is 0 Å². The van der Waals surface area contributed by atoms with E-state index in [9.17, 15) is 0 Å². The highest BCUT2D eigenvalue weighted by atomic mass is 14.5. The fourth-order valence-corrected chi connectivity index (χ4v) is 3.10. The van der Waals surface area contributed by atoms with Gasteiger partial charge in [-0.15, -0.1) is 0 Å². The van der Waals surface area contributed by atoms with E-state index >= 15 is 0 Å². The van der Waals surface area contributed by atoms with Crippen LogP contribution in [-0.2, 0) is 0 Å². The van der Waals surface area contributed by atoms with Gasteiger partial charge in [-0.25, -0.2) is 0 Å². The van der Waals surface area contributed by atoms with Crippen LogP contribution in [-0.4, -0.2) is 0 Å². The van der Waals surface area contributed by atoms with Gasteiger partial charge in [0.1, 0.15) is 0 Å². The smallest absolute Gasteiger partial charge is 0.0352 e. The zero-order chi connectivity index (χ0) is 7.68. The van der Waals surface area contributed by atoms with Gasteiger partial charge in [-0.3, -0.25) is 0 Å². The van der Waals surface area contributed by atoms with Crippen LogP contribution >= 0.6 is 0 Å². The van der Waals surface area contributed by atoms with Crippen LogP contribution < -0.4 is 0 Å². The summed E-state index contributed by atoms with van der Waals surface area (Å²) in [6.45, 7) is 2.37. The lowest BCUT2D eigenvalue weighted by Gasteiger charge is -2.05. The van der Waals surface area contributed by atoms with Gasteiger partial charge in [0.2, 0.25) is 0 Å². The third-order valence-corrected chi connectivity index (χ3v) is 3.81. The second-order valence-electron chi connectivity index (χ2n) is 4.39. The topological polar surface area (TPSA) is 0 Å². The molecule has 0 N–H and O–H groups in total. The van der Waals surface area contributed by atoms with Crippen molar-refractivity contribution < 1.29 is 0 Å². The lowest BCUT2D eigenvalue weighted by molar-refractivity contribution is 0.485. The molecule has 2 atom stereocenters. The molecule has 0 aromatic rings. The highest BCUT2D eigenvalue weighted by molar-refractivity contribution is 4.96. The molecule has 0 heterocycles. The molecule has 2 unspecified atom stereocenters. The summed E-state index contributed by atoms with van der Waals surface area (Å²) in [7, 11) is 0. The van der Waals surface area contributed by atoms with Gasteiger partial charge in [0.15, 0.2) is 0 Å². The molecule has 0 heteroatoms. The van der Waals surface area contributed by atoms with E-state index in [1.54, 1.807) is 12.8 Å². The lowest BCUT2D eigenvalue weighted by Crippen LogP contribution is -1.90. The Morgan fingerprint density at radius 3 is 1.91 bits per heavy atom. The van der Waals surface area contributed by atoms with Crippen LogP contribution in [0.2, 0.25) is 0 Å². The maximum Gasteiger partial charge on any atom is -0.0352 e. The minimum Gasteiger partial charge on any atom is -0.0651 e. The number of hydrogen-bond donors (Lipinski definition) is 0. The molecule has 0 saturated heterocycles. The standard InChI is InChI=1S/C11H20/c1-2-9-10-7-5-3-4-6-8-11(9)10/h9-11H,2-8H2,1H3. The summed E-state index contributed by atoms with van der Waals surface area (Å²) >= 11 is 0. The molecular formula is C11H20.